The first-order chi connectivity index (χ1) is 5.41. The SMILES string of the molecule is O=S(=O)(O)OS(=O)(=O)OS(=O)(=O)O.[Fe].[Fe]. The Hall–Kier alpha value is 0.729. The van der Waals surface area contributed by atoms with Gasteiger partial charge in [0.05, 0.1) is 0 Å². The van der Waals surface area contributed by atoms with E-state index in [1.165, 1.54) is 0 Å². The fourth-order valence-electron chi connectivity index (χ4n) is 0.222. The molecule has 0 aliphatic rings. The van der Waals surface area contributed by atoms with Gasteiger partial charge in [0.15, 0.2) is 0 Å². The monoisotopic (exact) mass is 370 g/mol. The van der Waals surface area contributed by atoms with Gasteiger partial charge in [-0.1, -0.05) is 7.26 Å². The maximum Gasteiger partial charge on any atom is 0.432 e. The molecule has 10 nitrogen and oxygen atoms in total. The molecule has 0 spiro atoms. The normalized spacial score (nSPS) is 12.4. The van der Waals surface area contributed by atoms with Crippen molar-refractivity contribution in [1.29, 1.82) is 0 Å². The third-order valence-electron chi connectivity index (χ3n) is 0.339. The van der Waals surface area contributed by atoms with Crippen LogP contribution in [0.4, 0.5) is 0 Å². The molecule has 0 bridgehead atoms. The third-order valence-corrected chi connectivity index (χ3v) is 3.05. The zero-order chi connectivity index (χ0) is 10.9. The minimum atomic E-state index is -5.57. The van der Waals surface area contributed by atoms with Crippen molar-refractivity contribution in [3.63, 3.8) is 0 Å². The first-order valence-corrected chi connectivity index (χ1v) is 6.10. The smallest absolute Gasteiger partial charge is 0.263 e. The summed E-state index contributed by atoms with van der Waals surface area (Å²) < 4.78 is 80.2. The molecule has 0 aromatic heterocycles. The summed E-state index contributed by atoms with van der Waals surface area (Å²) in [6, 6.07) is 0. The van der Waals surface area contributed by atoms with Crippen molar-refractivity contribution >= 4 is 31.2 Å². The van der Waals surface area contributed by atoms with Gasteiger partial charge in [0, 0.05) is 34.1 Å². The summed E-state index contributed by atoms with van der Waals surface area (Å²) in [7, 11) is -16.5. The van der Waals surface area contributed by atoms with Gasteiger partial charge in [-0.25, -0.2) is 0 Å². The van der Waals surface area contributed by atoms with Crippen LogP contribution in [0, 0.1) is 0 Å². The average Bonchev–Trinajstić information content (AvgIpc) is 1.43. The van der Waals surface area contributed by atoms with E-state index in [1.807, 2.05) is 0 Å². The summed E-state index contributed by atoms with van der Waals surface area (Å²) in [6.45, 7) is 0. The van der Waals surface area contributed by atoms with Crippen molar-refractivity contribution in [2.75, 3.05) is 0 Å². The molecule has 96 valence electrons. The van der Waals surface area contributed by atoms with Gasteiger partial charge in [0.25, 0.3) is 0 Å². The van der Waals surface area contributed by atoms with Gasteiger partial charge < -0.3 is 0 Å². The van der Waals surface area contributed by atoms with Crippen LogP contribution in [0.2, 0.25) is 0 Å². The fraction of sp³-hybridized carbons (Fsp3) is 0. The molecule has 2 N–H and O–H groups in total. The van der Waals surface area contributed by atoms with Crippen molar-refractivity contribution in [3.8, 4) is 0 Å². The zero-order valence-corrected chi connectivity index (χ0v) is 10.8. The topological polar surface area (TPSA) is 161 Å². The molecule has 0 fully saturated rings. The van der Waals surface area contributed by atoms with Crippen molar-refractivity contribution in [2.24, 2.45) is 0 Å². The molecule has 0 aliphatic carbocycles. The molecule has 15 heteroatoms. The Balaban J connectivity index is -0.000000720. The van der Waals surface area contributed by atoms with Crippen LogP contribution in [0.1, 0.15) is 0 Å². The van der Waals surface area contributed by atoms with Gasteiger partial charge in [-0.05, 0) is 0 Å². The van der Waals surface area contributed by atoms with Gasteiger partial charge >= 0.3 is 31.2 Å². The third kappa shape index (κ3) is 14.7. The molecule has 0 aromatic carbocycles. The second kappa shape index (κ2) is 6.46. The van der Waals surface area contributed by atoms with Crippen LogP contribution in [-0.4, -0.2) is 34.4 Å². The average molecular weight is 370 g/mol. The van der Waals surface area contributed by atoms with E-state index in [9.17, 15) is 25.3 Å². The molecule has 0 heterocycles. The van der Waals surface area contributed by atoms with Gasteiger partial charge in [-0.15, -0.1) is 0 Å². The Morgan fingerprint density at radius 3 is 1.00 bits per heavy atom. The van der Waals surface area contributed by atoms with Crippen LogP contribution in [0.25, 0.3) is 0 Å². The Kier molecular flexibility index (Phi) is 9.07. The summed E-state index contributed by atoms with van der Waals surface area (Å²) >= 11 is 0. The summed E-state index contributed by atoms with van der Waals surface area (Å²) in [5, 5.41) is 0. The Bertz CT molecular complexity index is 423. The van der Waals surface area contributed by atoms with Crippen molar-refractivity contribution in [2.45, 2.75) is 0 Å². The minimum Gasteiger partial charge on any atom is -0.263 e. The van der Waals surface area contributed by atoms with E-state index >= 15 is 0 Å². The van der Waals surface area contributed by atoms with Gasteiger partial charge in [0.2, 0.25) is 0 Å². The van der Waals surface area contributed by atoms with Crippen molar-refractivity contribution < 1.29 is 75.8 Å². The van der Waals surface area contributed by atoms with Crippen molar-refractivity contribution in [3.05, 3.63) is 0 Å². The Morgan fingerprint density at radius 1 is 0.667 bits per heavy atom. The zero-order valence-electron chi connectivity index (χ0n) is 6.09. The largest absolute Gasteiger partial charge is 0.432 e. The van der Waals surface area contributed by atoms with E-state index in [-0.39, 0.29) is 34.1 Å². The summed E-state index contributed by atoms with van der Waals surface area (Å²) in [5.74, 6) is 0. The maximum atomic E-state index is 10.1. The molecule has 0 unspecified atom stereocenters. The van der Waals surface area contributed by atoms with E-state index in [0.29, 0.717) is 0 Å². The molecule has 0 radical (unpaired) electrons. The van der Waals surface area contributed by atoms with Crippen LogP contribution >= 0.6 is 0 Å². The van der Waals surface area contributed by atoms with E-state index in [2.05, 4.69) is 7.26 Å². The summed E-state index contributed by atoms with van der Waals surface area (Å²) in [4.78, 5) is 0. The van der Waals surface area contributed by atoms with Gasteiger partial charge in [-0.3, -0.25) is 9.11 Å². The molecule has 0 rings (SSSR count). The van der Waals surface area contributed by atoms with E-state index < -0.39 is 31.2 Å². The van der Waals surface area contributed by atoms with Crippen LogP contribution in [-0.2, 0) is 72.6 Å². The number of hydrogen-bond donors (Lipinski definition) is 2. The van der Waals surface area contributed by atoms with Crippen LogP contribution in [0.3, 0.4) is 0 Å². The number of hydrogen-bond acceptors (Lipinski definition) is 8. The Morgan fingerprint density at radius 2 is 0.867 bits per heavy atom. The summed E-state index contributed by atoms with van der Waals surface area (Å²) in [5.41, 5.74) is 0. The molecule has 15 heavy (non-hydrogen) atoms. The van der Waals surface area contributed by atoms with Crippen LogP contribution < -0.4 is 0 Å². The van der Waals surface area contributed by atoms with Crippen LogP contribution in [0.5, 0.6) is 0 Å². The van der Waals surface area contributed by atoms with Crippen molar-refractivity contribution in [1.82, 2.24) is 0 Å². The quantitative estimate of drug-likeness (QED) is 0.413. The molecule has 0 aromatic rings. The van der Waals surface area contributed by atoms with E-state index in [1.54, 1.807) is 0 Å². The predicted octanol–water partition coefficient (Wildman–Crippen LogP) is -2.13. The Labute approximate surface area is 107 Å². The maximum absolute atomic E-state index is 10.1. The second-order valence-electron chi connectivity index (χ2n) is 1.40. The van der Waals surface area contributed by atoms with E-state index in [4.69, 9.17) is 9.11 Å². The molecule has 0 saturated heterocycles. The van der Waals surface area contributed by atoms with E-state index in [0.717, 1.165) is 0 Å². The molecule has 0 saturated carbocycles. The molecule has 0 amide bonds. The molecular formula is H2Fe2O10S3. The minimum absolute atomic E-state index is 0. The summed E-state index contributed by atoms with van der Waals surface area (Å²) in [6.07, 6.45) is 0. The van der Waals surface area contributed by atoms with Crippen LogP contribution in [0.15, 0.2) is 0 Å². The predicted molar refractivity (Wildman–Crippen MR) is 34.2 cm³/mol. The van der Waals surface area contributed by atoms with Gasteiger partial charge in [0.1, 0.15) is 0 Å². The second-order valence-corrected chi connectivity index (χ2v) is 5.02. The first kappa shape index (κ1) is 21.1. The molecular weight excluding hydrogens is 368 g/mol. The standard InChI is InChI=1S/2Fe.H2O10S3/c;;1-11(2,3)9-13(7,8)10-12(4,5)6/h;;(H,1,2,3)(H,4,5,6). The first-order valence-electron chi connectivity index (χ1n) is 2.03. The number of rotatable bonds is 4. The van der Waals surface area contributed by atoms with Gasteiger partial charge in [-0.2, -0.15) is 25.3 Å². The molecule has 0 atom stereocenters. The fourth-order valence-corrected chi connectivity index (χ4v) is 2.20. The molecule has 0 aliphatic heterocycles.